The van der Waals surface area contributed by atoms with Gasteiger partial charge < -0.3 is 15.4 Å². The molecule has 5 nitrogen and oxygen atoms in total. The van der Waals surface area contributed by atoms with E-state index < -0.39 is 5.60 Å². The minimum Gasteiger partial charge on any atom is -0.459 e. The predicted molar refractivity (Wildman–Crippen MR) is 94.7 cm³/mol. The Labute approximate surface area is 139 Å². The number of aliphatic imine (C=N–C) groups is 1. The number of hydrogen-bond acceptors (Lipinski definition) is 3. The van der Waals surface area contributed by atoms with Crippen LogP contribution in [-0.2, 0) is 9.53 Å². The number of guanidine groups is 1. The topological polar surface area (TPSA) is 62.7 Å². The van der Waals surface area contributed by atoms with E-state index in [0.29, 0.717) is 11.9 Å². The molecule has 1 rings (SSSR count). The van der Waals surface area contributed by atoms with Crippen LogP contribution in [0.2, 0.25) is 0 Å². The first-order chi connectivity index (χ1) is 10.7. The lowest BCUT2D eigenvalue weighted by Crippen LogP contribution is -2.46. The van der Waals surface area contributed by atoms with E-state index >= 15 is 0 Å². The average molecular weight is 319 g/mol. The van der Waals surface area contributed by atoms with Crippen molar-refractivity contribution in [2.45, 2.75) is 52.2 Å². The Hall–Kier alpha value is -2.04. The van der Waals surface area contributed by atoms with E-state index in [1.807, 2.05) is 39.0 Å². The summed E-state index contributed by atoms with van der Waals surface area (Å²) in [6.07, 6.45) is 0. The SMILES string of the molecule is CN=C(NCC(=O)OC(C)(C)C)NC(C)C(C)c1ccccc1. The van der Waals surface area contributed by atoms with Gasteiger partial charge in [0, 0.05) is 19.0 Å². The van der Waals surface area contributed by atoms with Crippen LogP contribution in [0.3, 0.4) is 0 Å². The number of nitrogens with one attached hydrogen (secondary N) is 2. The Balaban J connectivity index is 2.51. The summed E-state index contributed by atoms with van der Waals surface area (Å²) in [4.78, 5) is 15.9. The first kappa shape index (κ1) is 19.0. The summed E-state index contributed by atoms with van der Waals surface area (Å²) in [5.41, 5.74) is 0.778. The summed E-state index contributed by atoms with van der Waals surface area (Å²) in [7, 11) is 1.68. The van der Waals surface area contributed by atoms with Gasteiger partial charge in [0.1, 0.15) is 12.1 Å². The molecule has 2 N–H and O–H groups in total. The Morgan fingerprint density at radius 1 is 1.22 bits per heavy atom. The maximum absolute atomic E-state index is 11.8. The van der Waals surface area contributed by atoms with Gasteiger partial charge in [0.05, 0.1) is 0 Å². The second-order valence-electron chi connectivity index (χ2n) is 6.64. The van der Waals surface area contributed by atoms with E-state index in [0.717, 1.165) is 0 Å². The van der Waals surface area contributed by atoms with Gasteiger partial charge in [0.2, 0.25) is 0 Å². The Kier molecular flexibility index (Phi) is 7.07. The summed E-state index contributed by atoms with van der Waals surface area (Å²) in [6.45, 7) is 9.89. The fraction of sp³-hybridized carbons (Fsp3) is 0.556. The van der Waals surface area contributed by atoms with E-state index in [9.17, 15) is 4.79 Å². The standard InChI is InChI=1S/C18H29N3O2/c1-13(15-10-8-7-9-11-15)14(2)21-17(19-6)20-12-16(22)23-18(3,4)5/h7-11,13-14H,12H2,1-6H3,(H2,19,20,21). The van der Waals surface area contributed by atoms with Gasteiger partial charge in [-0.05, 0) is 33.3 Å². The molecule has 0 saturated carbocycles. The number of carbonyl (C=O) groups excluding carboxylic acids is 1. The lowest BCUT2D eigenvalue weighted by atomic mass is 9.94. The first-order valence-electron chi connectivity index (χ1n) is 7.97. The molecule has 2 atom stereocenters. The summed E-state index contributed by atoms with van der Waals surface area (Å²) >= 11 is 0. The lowest BCUT2D eigenvalue weighted by molar-refractivity contribution is -0.153. The van der Waals surface area contributed by atoms with Crippen LogP contribution in [0.4, 0.5) is 0 Å². The second-order valence-corrected chi connectivity index (χ2v) is 6.64. The fourth-order valence-electron chi connectivity index (χ4n) is 2.11. The highest BCUT2D eigenvalue weighted by Gasteiger charge is 2.18. The molecule has 0 aliphatic rings. The minimum atomic E-state index is -0.481. The van der Waals surface area contributed by atoms with Crippen molar-refractivity contribution in [3.05, 3.63) is 35.9 Å². The predicted octanol–water partition coefficient (Wildman–Crippen LogP) is 2.69. The van der Waals surface area contributed by atoms with Gasteiger partial charge in [-0.15, -0.1) is 0 Å². The molecule has 0 fully saturated rings. The number of nitrogens with zero attached hydrogens (tertiary/aromatic N) is 1. The zero-order chi connectivity index (χ0) is 17.5. The molecule has 0 aliphatic carbocycles. The first-order valence-corrected chi connectivity index (χ1v) is 7.97. The monoisotopic (exact) mass is 319 g/mol. The van der Waals surface area contributed by atoms with Crippen LogP contribution in [0.15, 0.2) is 35.3 Å². The second kappa shape index (κ2) is 8.56. The Morgan fingerprint density at radius 2 is 1.83 bits per heavy atom. The van der Waals surface area contributed by atoms with Crippen molar-refractivity contribution in [3.8, 4) is 0 Å². The van der Waals surface area contributed by atoms with Crippen molar-refractivity contribution in [3.63, 3.8) is 0 Å². The zero-order valence-electron chi connectivity index (χ0n) is 15.0. The number of rotatable bonds is 5. The molecule has 0 bridgehead atoms. The van der Waals surface area contributed by atoms with E-state index in [1.165, 1.54) is 5.56 Å². The number of hydrogen-bond donors (Lipinski definition) is 2. The summed E-state index contributed by atoms with van der Waals surface area (Å²) in [6, 6.07) is 10.5. The minimum absolute atomic E-state index is 0.0867. The highest BCUT2D eigenvalue weighted by atomic mass is 16.6. The molecule has 2 unspecified atom stereocenters. The van der Waals surface area contributed by atoms with Crippen molar-refractivity contribution in [2.75, 3.05) is 13.6 Å². The molecule has 0 radical (unpaired) electrons. The van der Waals surface area contributed by atoms with E-state index in [-0.39, 0.29) is 18.6 Å². The van der Waals surface area contributed by atoms with Crippen LogP contribution in [-0.4, -0.2) is 37.2 Å². The van der Waals surface area contributed by atoms with Crippen molar-refractivity contribution < 1.29 is 9.53 Å². The van der Waals surface area contributed by atoms with Crippen molar-refractivity contribution in [1.29, 1.82) is 0 Å². The van der Waals surface area contributed by atoms with E-state index in [4.69, 9.17) is 4.74 Å². The van der Waals surface area contributed by atoms with Gasteiger partial charge in [-0.2, -0.15) is 0 Å². The molecule has 1 aromatic carbocycles. The molecule has 1 aromatic rings. The third-order valence-electron chi connectivity index (χ3n) is 3.48. The Bertz CT molecular complexity index is 521. The van der Waals surface area contributed by atoms with Crippen LogP contribution >= 0.6 is 0 Å². The molecule has 128 valence electrons. The van der Waals surface area contributed by atoms with Crippen molar-refractivity contribution in [1.82, 2.24) is 10.6 Å². The number of benzene rings is 1. The van der Waals surface area contributed by atoms with Gasteiger partial charge in [0.25, 0.3) is 0 Å². The lowest BCUT2D eigenvalue weighted by Gasteiger charge is -2.24. The third-order valence-corrected chi connectivity index (χ3v) is 3.48. The van der Waals surface area contributed by atoms with Gasteiger partial charge >= 0.3 is 5.97 Å². The fourth-order valence-corrected chi connectivity index (χ4v) is 2.11. The van der Waals surface area contributed by atoms with Crippen LogP contribution in [0.1, 0.15) is 46.1 Å². The van der Waals surface area contributed by atoms with Gasteiger partial charge in [-0.25, -0.2) is 0 Å². The van der Waals surface area contributed by atoms with Crippen LogP contribution in [0, 0.1) is 0 Å². The quantitative estimate of drug-likeness (QED) is 0.497. The maximum Gasteiger partial charge on any atom is 0.325 e. The number of ether oxygens (including phenoxy) is 1. The zero-order valence-corrected chi connectivity index (χ0v) is 15.0. The van der Waals surface area contributed by atoms with Gasteiger partial charge in [0.15, 0.2) is 5.96 Å². The molecular weight excluding hydrogens is 290 g/mol. The molecule has 23 heavy (non-hydrogen) atoms. The van der Waals surface area contributed by atoms with Gasteiger partial charge in [-0.3, -0.25) is 9.79 Å². The smallest absolute Gasteiger partial charge is 0.325 e. The molecule has 5 heteroatoms. The molecular formula is C18H29N3O2. The molecule has 0 saturated heterocycles. The molecule has 0 aliphatic heterocycles. The number of esters is 1. The summed E-state index contributed by atoms with van der Waals surface area (Å²) in [5.74, 6) is 0.603. The highest BCUT2D eigenvalue weighted by Crippen LogP contribution is 2.18. The van der Waals surface area contributed by atoms with Crippen molar-refractivity contribution in [2.24, 2.45) is 4.99 Å². The van der Waals surface area contributed by atoms with Crippen LogP contribution in [0.25, 0.3) is 0 Å². The maximum atomic E-state index is 11.8. The average Bonchev–Trinajstić information content (AvgIpc) is 2.49. The third kappa shape index (κ3) is 7.17. The molecule has 0 amide bonds. The molecule has 0 aromatic heterocycles. The molecule has 0 spiro atoms. The van der Waals surface area contributed by atoms with Crippen LogP contribution in [0.5, 0.6) is 0 Å². The molecule has 0 heterocycles. The largest absolute Gasteiger partial charge is 0.459 e. The van der Waals surface area contributed by atoms with Crippen molar-refractivity contribution >= 4 is 11.9 Å². The normalized spacial score (nSPS) is 14.8. The van der Waals surface area contributed by atoms with Crippen LogP contribution < -0.4 is 10.6 Å². The summed E-state index contributed by atoms with van der Waals surface area (Å²) < 4.78 is 5.27. The van der Waals surface area contributed by atoms with Gasteiger partial charge in [-0.1, -0.05) is 37.3 Å². The van der Waals surface area contributed by atoms with E-state index in [1.54, 1.807) is 7.05 Å². The summed E-state index contributed by atoms with van der Waals surface area (Å²) in [5, 5.41) is 6.31. The highest BCUT2D eigenvalue weighted by molar-refractivity contribution is 5.84. The number of carbonyl (C=O) groups is 1. The van der Waals surface area contributed by atoms with E-state index in [2.05, 4.69) is 41.6 Å². The Morgan fingerprint density at radius 3 is 2.35 bits per heavy atom.